The number of rotatable bonds is 10. The Kier molecular flexibility index (Phi) is 8.63. The summed E-state index contributed by atoms with van der Waals surface area (Å²) in [7, 11) is 5.54. The van der Waals surface area contributed by atoms with Crippen molar-refractivity contribution in [3.8, 4) is 5.75 Å². The fourth-order valence-corrected chi connectivity index (χ4v) is 3.65. The Morgan fingerprint density at radius 3 is 2.42 bits per heavy atom. The van der Waals surface area contributed by atoms with Gasteiger partial charge < -0.3 is 25.6 Å². The molecule has 170 valence electrons. The van der Waals surface area contributed by atoms with Crippen molar-refractivity contribution in [3.05, 3.63) is 24.0 Å². The Morgan fingerprint density at radius 2 is 1.74 bits per heavy atom. The first kappa shape index (κ1) is 23.0. The minimum Gasteiger partial charge on any atom is -0.494 e. The summed E-state index contributed by atoms with van der Waals surface area (Å²) in [6.07, 6.45) is 8.20. The van der Waals surface area contributed by atoms with E-state index in [1.54, 1.807) is 12.1 Å². The third kappa shape index (κ3) is 7.50. The molecule has 3 N–H and O–H groups in total. The van der Waals surface area contributed by atoms with E-state index in [4.69, 9.17) is 4.74 Å². The molecule has 0 bridgehead atoms. The van der Waals surface area contributed by atoms with E-state index >= 15 is 0 Å². The maximum Gasteiger partial charge on any atom is 0.233 e. The zero-order valence-corrected chi connectivity index (χ0v) is 18.7. The largest absolute Gasteiger partial charge is 0.494 e. The fraction of sp³-hybridized carbons (Fsp3) is 0.591. The van der Waals surface area contributed by atoms with Gasteiger partial charge in [0.1, 0.15) is 0 Å². The van der Waals surface area contributed by atoms with E-state index in [9.17, 15) is 4.39 Å². The fourth-order valence-electron chi connectivity index (χ4n) is 3.65. The molecule has 0 radical (unpaired) electrons. The maximum atomic E-state index is 14.1. The van der Waals surface area contributed by atoms with Gasteiger partial charge in [-0.2, -0.15) is 15.0 Å². The lowest BCUT2D eigenvalue weighted by atomic mass is 10.1. The van der Waals surface area contributed by atoms with Gasteiger partial charge in [-0.15, -0.1) is 0 Å². The van der Waals surface area contributed by atoms with E-state index in [0.29, 0.717) is 29.6 Å². The van der Waals surface area contributed by atoms with Gasteiger partial charge in [0.25, 0.3) is 0 Å². The van der Waals surface area contributed by atoms with Crippen molar-refractivity contribution in [2.75, 3.05) is 50.2 Å². The molecule has 0 aliphatic heterocycles. The average molecular weight is 432 g/mol. The molecule has 1 aliphatic rings. The Hall–Kier alpha value is -2.68. The topological polar surface area (TPSA) is 87.2 Å². The molecule has 1 aromatic carbocycles. The second-order valence-corrected chi connectivity index (χ2v) is 8.20. The molecule has 2 aromatic rings. The highest BCUT2D eigenvalue weighted by Gasteiger charge is 2.15. The Morgan fingerprint density at radius 1 is 1.03 bits per heavy atom. The number of aromatic nitrogens is 3. The van der Waals surface area contributed by atoms with Gasteiger partial charge in [0, 0.05) is 24.3 Å². The second kappa shape index (κ2) is 11.6. The molecule has 9 heteroatoms. The Balaban J connectivity index is 1.75. The van der Waals surface area contributed by atoms with Crippen LogP contribution < -0.4 is 20.7 Å². The van der Waals surface area contributed by atoms with Crippen LogP contribution >= 0.6 is 0 Å². The van der Waals surface area contributed by atoms with E-state index in [2.05, 4.69) is 35.8 Å². The van der Waals surface area contributed by atoms with E-state index in [0.717, 1.165) is 32.4 Å². The van der Waals surface area contributed by atoms with Crippen LogP contribution in [0.25, 0.3) is 0 Å². The van der Waals surface area contributed by atoms with Crippen LogP contribution in [0.15, 0.2) is 18.2 Å². The van der Waals surface area contributed by atoms with Crippen LogP contribution in [0.4, 0.5) is 27.9 Å². The molecule has 1 aromatic heterocycles. The van der Waals surface area contributed by atoms with Gasteiger partial charge in [0.05, 0.1) is 7.11 Å². The predicted octanol–water partition coefficient (Wildman–Crippen LogP) is 4.26. The highest BCUT2D eigenvalue weighted by Crippen LogP contribution is 2.24. The predicted molar refractivity (Wildman–Crippen MR) is 123 cm³/mol. The molecule has 0 atom stereocenters. The molecule has 0 spiro atoms. The third-order valence-corrected chi connectivity index (χ3v) is 5.30. The molecule has 0 unspecified atom stereocenters. The standard InChI is InChI=1S/C22H34FN7O/c1-30(2)14-8-13-24-20-27-21(25-16-9-6-4-5-7-10-16)29-22(28-20)26-17-11-12-19(31-3)18(23)15-17/h11-12,15-16H,4-10,13-14H2,1-3H3,(H3,24,25,26,27,28,29). The number of ether oxygens (including phenoxy) is 1. The molecule has 3 rings (SSSR count). The van der Waals surface area contributed by atoms with Crippen molar-refractivity contribution in [1.29, 1.82) is 0 Å². The number of halogens is 1. The molecular formula is C22H34FN7O. The first-order valence-electron chi connectivity index (χ1n) is 11.1. The van der Waals surface area contributed by atoms with Gasteiger partial charge in [0.15, 0.2) is 11.6 Å². The number of nitrogens with zero attached hydrogens (tertiary/aromatic N) is 4. The molecule has 1 heterocycles. The highest BCUT2D eigenvalue weighted by atomic mass is 19.1. The summed E-state index contributed by atoms with van der Waals surface area (Å²) in [4.78, 5) is 15.7. The number of benzene rings is 1. The minimum atomic E-state index is -0.444. The van der Waals surface area contributed by atoms with Crippen LogP contribution in [0.2, 0.25) is 0 Å². The van der Waals surface area contributed by atoms with Crippen molar-refractivity contribution in [2.24, 2.45) is 0 Å². The van der Waals surface area contributed by atoms with Gasteiger partial charge in [-0.05, 0) is 52.0 Å². The van der Waals surface area contributed by atoms with E-state index in [-0.39, 0.29) is 5.75 Å². The number of hydrogen-bond donors (Lipinski definition) is 3. The molecule has 1 aliphatic carbocycles. The van der Waals surface area contributed by atoms with E-state index in [1.165, 1.54) is 38.9 Å². The second-order valence-electron chi connectivity index (χ2n) is 8.20. The molecule has 0 saturated heterocycles. The molecule has 1 saturated carbocycles. The van der Waals surface area contributed by atoms with E-state index in [1.807, 2.05) is 14.1 Å². The smallest absolute Gasteiger partial charge is 0.233 e. The van der Waals surface area contributed by atoms with Crippen molar-refractivity contribution < 1.29 is 9.13 Å². The zero-order chi connectivity index (χ0) is 22.1. The van der Waals surface area contributed by atoms with Crippen LogP contribution in [-0.2, 0) is 0 Å². The summed E-state index contributed by atoms with van der Waals surface area (Å²) >= 11 is 0. The lowest BCUT2D eigenvalue weighted by Gasteiger charge is -2.17. The van der Waals surface area contributed by atoms with Crippen LogP contribution in [0.1, 0.15) is 44.9 Å². The minimum absolute atomic E-state index is 0.195. The lowest BCUT2D eigenvalue weighted by molar-refractivity contribution is 0.386. The van der Waals surface area contributed by atoms with Gasteiger partial charge >= 0.3 is 0 Å². The van der Waals surface area contributed by atoms with Crippen LogP contribution in [0.5, 0.6) is 5.75 Å². The highest BCUT2D eigenvalue weighted by molar-refractivity contribution is 5.57. The normalized spacial score (nSPS) is 14.9. The van der Waals surface area contributed by atoms with Gasteiger partial charge in [-0.1, -0.05) is 25.7 Å². The summed E-state index contributed by atoms with van der Waals surface area (Å²) < 4.78 is 19.1. The molecule has 31 heavy (non-hydrogen) atoms. The first-order chi connectivity index (χ1) is 15.0. The van der Waals surface area contributed by atoms with Crippen LogP contribution in [-0.4, -0.2) is 60.2 Å². The van der Waals surface area contributed by atoms with Crippen molar-refractivity contribution in [3.63, 3.8) is 0 Å². The van der Waals surface area contributed by atoms with E-state index < -0.39 is 5.82 Å². The van der Waals surface area contributed by atoms with Gasteiger partial charge in [-0.3, -0.25) is 0 Å². The molecular weight excluding hydrogens is 397 g/mol. The van der Waals surface area contributed by atoms with Crippen molar-refractivity contribution in [1.82, 2.24) is 19.9 Å². The summed E-state index contributed by atoms with van der Waals surface area (Å²) in [5.41, 5.74) is 0.545. The summed E-state index contributed by atoms with van der Waals surface area (Å²) in [5.74, 6) is 1.15. The number of methoxy groups -OCH3 is 1. The third-order valence-electron chi connectivity index (χ3n) is 5.30. The first-order valence-corrected chi connectivity index (χ1v) is 11.1. The number of hydrogen-bond acceptors (Lipinski definition) is 8. The monoisotopic (exact) mass is 431 g/mol. The van der Waals surface area contributed by atoms with Crippen molar-refractivity contribution in [2.45, 2.75) is 51.0 Å². The van der Waals surface area contributed by atoms with Crippen LogP contribution in [0, 0.1) is 5.82 Å². The quantitative estimate of drug-likeness (QED) is 0.380. The average Bonchev–Trinajstić information content (AvgIpc) is 3.00. The lowest BCUT2D eigenvalue weighted by Crippen LogP contribution is -2.21. The summed E-state index contributed by atoms with van der Waals surface area (Å²) in [6.45, 7) is 1.73. The Bertz CT molecular complexity index is 826. The van der Waals surface area contributed by atoms with Crippen LogP contribution in [0.3, 0.4) is 0 Å². The number of anilines is 4. The molecule has 0 amide bonds. The summed E-state index contributed by atoms with van der Waals surface area (Å²) in [6, 6.07) is 5.03. The van der Waals surface area contributed by atoms with Gasteiger partial charge in [0.2, 0.25) is 17.8 Å². The summed E-state index contributed by atoms with van der Waals surface area (Å²) in [5, 5.41) is 9.85. The SMILES string of the molecule is COc1ccc(Nc2nc(NCCCN(C)C)nc(NC3CCCCCC3)n2)cc1F. The molecule has 1 fully saturated rings. The molecule has 8 nitrogen and oxygen atoms in total. The number of nitrogens with one attached hydrogen (secondary N) is 3. The Labute approximate surface area is 184 Å². The zero-order valence-electron chi connectivity index (χ0n) is 18.7. The maximum absolute atomic E-state index is 14.1. The van der Waals surface area contributed by atoms with Crippen molar-refractivity contribution >= 4 is 23.5 Å². The van der Waals surface area contributed by atoms with Gasteiger partial charge in [-0.25, -0.2) is 4.39 Å².